The zero-order valence-corrected chi connectivity index (χ0v) is 24.6. The molecule has 39 heavy (non-hydrogen) atoms. The van der Waals surface area contributed by atoms with Crippen LogP contribution >= 0.6 is 23.4 Å². The predicted octanol–water partition coefficient (Wildman–Crippen LogP) is 4.84. The SMILES string of the molecule is COc1cc(SCCCN2CCOCC2)ccc1Nc1ncc(Cl)c(Nc2ccccc2N(C)S(C)(=O)=O)n1. The Labute approximate surface area is 239 Å². The summed E-state index contributed by atoms with van der Waals surface area (Å²) in [6, 6.07) is 13.0. The molecule has 2 heterocycles. The minimum absolute atomic E-state index is 0.285. The summed E-state index contributed by atoms with van der Waals surface area (Å²) >= 11 is 8.17. The molecule has 1 fully saturated rings. The third-order valence-electron chi connectivity index (χ3n) is 6.15. The second-order valence-electron chi connectivity index (χ2n) is 8.91. The lowest BCUT2D eigenvalue weighted by atomic mass is 10.2. The first-order valence-electron chi connectivity index (χ1n) is 12.4. The highest BCUT2D eigenvalue weighted by atomic mass is 35.5. The zero-order valence-electron chi connectivity index (χ0n) is 22.2. The Bertz CT molecular complexity index is 1370. The van der Waals surface area contributed by atoms with Crippen molar-refractivity contribution in [2.45, 2.75) is 11.3 Å². The third-order valence-corrected chi connectivity index (χ3v) is 8.70. The molecular weight excluding hydrogens is 560 g/mol. The molecule has 4 rings (SSSR count). The van der Waals surface area contributed by atoms with Crippen LogP contribution in [0, 0.1) is 0 Å². The number of hydrogen-bond donors (Lipinski definition) is 2. The maximum absolute atomic E-state index is 12.1. The number of ether oxygens (including phenoxy) is 2. The standard InChI is InChI=1S/C26H33ClN6O4S2/c1-32(39(3,34)35)23-8-5-4-7-21(23)29-25-20(27)18-28-26(31-25)30-22-10-9-19(17-24(22)36-2)38-16-6-11-33-12-14-37-15-13-33/h4-5,7-10,17-18H,6,11-16H2,1-3H3,(H2,28,29,30,31). The van der Waals surface area contributed by atoms with Crippen LogP contribution in [0.15, 0.2) is 53.6 Å². The molecule has 0 bridgehead atoms. The number of anilines is 5. The van der Waals surface area contributed by atoms with Gasteiger partial charge in [-0.25, -0.2) is 13.4 Å². The van der Waals surface area contributed by atoms with Gasteiger partial charge in [-0.2, -0.15) is 4.98 Å². The number of nitrogens with one attached hydrogen (secondary N) is 2. The molecule has 1 aliphatic heterocycles. The molecule has 0 aliphatic carbocycles. The quantitative estimate of drug-likeness (QED) is 0.224. The van der Waals surface area contributed by atoms with Crippen molar-refractivity contribution in [1.29, 1.82) is 0 Å². The van der Waals surface area contributed by atoms with Gasteiger partial charge in [0.2, 0.25) is 16.0 Å². The zero-order chi connectivity index (χ0) is 27.8. The van der Waals surface area contributed by atoms with Crippen molar-refractivity contribution in [2.24, 2.45) is 0 Å². The molecule has 3 aromatic rings. The van der Waals surface area contributed by atoms with Gasteiger partial charge in [0.05, 0.1) is 49.8 Å². The minimum atomic E-state index is -3.46. The molecule has 1 aliphatic rings. The lowest BCUT2D eigenvalue weighted by Gasteiger charge is -2.26. The fourth-order valence-corrected chi connectivity index (χ4v) is 5.48. The van der Waals surface area contributed by atoms with Crippen LogP contribution in [0.3, 0.4) is 0 Å². The first-order valence-corrected chi connectivity index (χ1v) is 15.7. The number of morpholine rings is 1. The first kappa shape index (κ1) is 29.2. The molecule has 0 unspecified atom stereocenters. The maximum Gasteiger partial charge on any atom is 0.232 e. The number of halogens is 1. The number of benzene rings is 2. The van der Waals surface area contributed by atoms with Crippen LogP contribution in [-0.4, -0.2) is 82.3 Å². The molecule has 0 radical (unpaired) electrons. The third kappa shape index (κ3) is 8.12. The molecule has 1 saturated heterocycles. The lowest BCUT2D eigenvalue weighted by Crippen LogP contribution is -2.36. The van der Waals surface area contributed by atoms with Gasteiger partial charge in [0.15, 0.2) is 5.82 Å². The molecular formula is C26H33ClN6O4S2. The van der Waals surface area contributed by atoms with Gasteiger partial charge < -0.3 is 20.1 Å². The van der Waals surface area contributed by atoms with Crippen LogP contribution in [0.1, 0.15) is 6.42 Å². The van der Waals surface area contributed by atoms with E-state index in [1.54, 1.807) is 43.1 Å². The molecule has 0 saturated carbocycles. The average molecular weight is 593 g/mol. The Morgan fingerprint density at radius 1 is 1.15 bits per heavy atom. The van der Waals surface area contributed by atoms with E-state index in [4.69, 9.17) is 21.1 Å². The molecule has 0 amide bonds. The topological polar surface area (TPSA) is 109 Å². The van der Waals surface area contributed by atoms with Crippen LogP contribution < -0.4 is 19.7 Å². The number of sulfonamides is 1. The van der Waals surface area contributed by atoms with Gasteiger partial charge in [-0.15, -0.1) is 11.8 Å². The van der Waals surface area contributed by atoms with Gasteiger partial charge >= 0.3 is 0 Å². The molecule has 210 valence electrons. The van der Waals surface area contributed by atoms with E-state index < -0.39 is 10.0 Å². The highest BCUT2D eigenvalue weighted by Crippen LogP contribution is 2.34. The van der Waals surface area contributed by atoms with E-state index in [0.29, 0.717) is 34.6 Å². The fourth-order valence-electron chi connectivity index (χ4n) is 3.96. The van der Waals surface area contributed by atoms with Gasteiger partial charge in [-0.05, 0) is 49.1 Å². The van der Waals surface area contributed by atoms with Gasteiger partial charge in [0, 0.05) is 25.0 Å². The molecule has 2 N–H and O–H groups in total. The Morgan fingerprint density at radius 2 is 1.92 bits per heavy atom. The smallest absolute Gasteiger partial charge is 0.232 e. The van der Waals surface area contributed by atoms with Crippen molar-refractivity contribution in [3.63, 3.8) is 0 Å². The Kier molecular flexibility index (Phi) is 10.1. The number of para-hydroxylation sites is 2. The number of methoxy groups -OCH3 is 1. The molecule has 0 spiro atoms. The van der Waals surface area contributed by atoms with Gasteiger partial charge in [0.1, 0.15) is 10.8 Å². The molecule has 1 aromatic heterocycles. The summed E-state index contributed by atoms with van der Waals surface area (Å²) in [5.41, 5.74) is 1.70. The lowest BCUT2D eigenvalue weighted by molar-refractivity contribution is 0.0381. The van der Waals surface area contributed by atoms with Crippen LogP contribution in [0.25, 0.3) is 0 Å². The van der Waals surface area contributed by atoms with Crippen LogP contribution in [-0.2, 0) is 14.8 Å². The van der Waals surface area contributed by atoms with Crippen molar-refractivity contribution in [3.8, 4) is 5.75 Å². The van der Waals surface area contributed by atoms with Gasteiger partial charge in [-0.3, -0.25) is 9.21 Å². The number of thioether (sulfide) groups is 1. The summed E-state index contributed by atoms with van der Waals surface area (Å²) in [5, 5.41) is 6.62. The van der Waals surface area contributed by atoms with E-state index in [9.17, 15) is 8.42 Å². The van der Waals surface area contributed by atoms with Crippen LogP contribution in [0.4, 0.5) is 28.8 Å². The van der Waals surface area contributed by atoms with E-state index in [0.717, 1.165) is 56.2 Å². The van der Waals surface area contributed by atoms with E-state index >= 15 is 0 Å². The van der Waals surface area contributed by atoms with E-state index in [-0.39, 0.29) is 5.02 Å². The average Bonchev–Trinajstić information content (AvgIpc) is 2.93. The van der Waals surface area contributed by atoms with Gasteiger partial charge in [0.25, 0.3) is 0 Å². The summed E-state index contributed by atoms with van der Waals surface area (Å²) < 4.78 is 36.4. The van der Waals surface area contributed by atoms with Crippen LogP contribution in [0.2, 0.25) is 5.02 Å². The number of nitrogens with zero attached hydrogens (tertiary/aromatic N) is 4. The summed E-state index contributed by atoms with van der Waals surface area (Å²) in [6.45, 7) is 4.73. The Balaban J connectivity index is 1.43. The number of hydrogen-bond acceptors (Lipinski definition) is 10. The maximum atomic E-state index is 12.1. The highest BCUT2D eigenvalue weighted by molar-refractivity contribution is 7.99. The number of aromatic nitrogens is 2. The highest BCUT2D eigenvalue weighted by Gasteiger charge is 2.17. The predicted molar refractivity (Wildman–Crippen MR) is 159 cm³/mol. The second kappa shape index (κ2) is 13.5. The van der Waals surface area contributed by atoms with Crippen molar-refractivity contribution in [2.75, 3.05) is 74.0 Å². The van der Waals surface area contributed by atoms with Crippen LogP contribution in [0.5, 0.6) is 5.75 Å². The second-order valence-corrected chi connectivity index (χ2v) is 12.5. The van der Waals surface area contributed by atoms with E-state index in [1.165, 1.54) is 17.5 Å². The summed E-state index contributed by atoms with van der Waals surface area (Å²) in [4.78, 5) is 12.4. The van der Waals surface area contributed by atoms with E-state index in [2.05, 4.69) is 25.5 Å². The fraction of sp³-hybridized carbons (Fsp3) is 0.385. The summed E-state index contributed by atoms with van der Waals surface area (Å²) in [5.74, 6) is 2.31. The summed E-state index contributed by atoms with van der Waals surface area (Å²) in [7, 11) is -0.349. The molecule has 2 aromatic carbocycles. The minimum Gasteiger partial charge on any atom is -0.495 e. The molecule has 0 atom stereocenters. The first-order chi connectivity index (χ1) is 18.7. The normalized spacial score (nSPS) is 14.2. The summed E-state index contributed by atoms with van der Waals surface area (Å²) in [6.07, 6.45) is 3.73. The van der Waals surface area contributed by atoms with Crippen molar-refractivity contribution in [1.82, 2.24) is 14.9 Å². The Morgan fingerprint density at radius 3 is 2.67 bits per heavy atom. The van der Waals surface area contributed by atoms with E-state index in [1.807, 2.05) is 18.2 Å². The van der Waals surface area contributed by atoms with Crippen molar-refractivity contribution < 1.29 is 17.9 Å². The largest absolute Gasteiger partial charge is 0.495 e. The van der Waals surface area contributed by atoms with Gasteiger partial charge in [-0.1, -0.05) is 23.7 Å². The Hall–Kier alpha value is -2.77. The van der Waals surface area contributed by atoms with Crippen molar-refractivity contribution >= 4 is 62.2 Å². The number of rotatable bonds is 12. The molecule has 13 heteroatoms. The van der Waals surface area contributed by atoms with Crippen molar-refractivity contribution in [3.05, 3.63) is 53.7 Å². The molecule has 10 nitrogen and oxygen atoms in total. The monoisotopic (exact) mass is 592 g/mol.